The monoisotopic (exact) mass is 249 g/mol. The van der Waals surface area contributed by atoms with Gasteiger partial charge >= 0.3 is 0 Å². The number of aryl methyl sites for hydroxylation is 1. The highest BCUT2D eigenvalue weighted by atomic mass is 16.5. The Morgan fingerprint density at radius 2 is 2.28 bits per heavy atom. The Bertz CT molecular complexity index is 377. The van der Waals surface area contributed by atoms with Crippen LogP contribution in [0.1, 0.15) is 44.0 Å². The fourth-order valence-corrected chi connectivity index (χ4v) is 1.85. The molecule has 0 unspecified atom stereocenters. The lowest BCUT2D eigenvalue weighted by Crippen LogP contribution is -2.16. The molecule has 2 rings (SSSR count). The lowest BCUT2D eigenvalue weighted by atomic mass is 10.3. The largest absolute Gasteiger partial charge is 0.477 e. The van der Waals surface area contributed by atoms with Gasteiger partial charge in [-0.2, -0.15) is 4.98 Å². The van der Waals surface area contributed by atoms with Crippen molar-refractivity contribution in [3.05, 3.63) is 17.6 Å². The normalized spacial score (nSPS) is 14.8. The fourth-order valence-electron chi connectivity index (χ4n) is 1.85. The van der Waals surface area contributed by atoms with Gasteiger partial charge in [-0.15, -0.1) is 0 Å². The van der Waals surface area contributed by atoms with Crippen LogP contribution < -0.4 is 10.1 Å². The summed E-state index contributed by atoms with van der Waals surface area (Å²) < 4.78 is 5.81. The molecular weight excluding hydrogens is 226 g/mol. The van der Waals surface area contributed by atoms with E-state index in [9.17, 15) is 0 Å². The summed E-state index contributed by atoms with van der Waals surface area (Å²) in [6.45, 7) is 6.63. The summed E-state index contributed by atoms with van der Waals surface area (Å²) in [5.74, 6) is 2.43. The number of aromatic nitrogens is 2. The van der Waals surface area contributed by atoms with Crippen LogP contribution in [0.2, 0.25) is 0 Å². The van der Waals surface area contributed by atoms with Crippen LogP contribution in [0.5, 0.6) is 5.88 Å². The van der Waals surface area contributed by atoms with Crippen LogP contribution in [0.15, 0.2) is 6.20 Å². The van der Waals surface area contributed by atoms with Crippen molar-refractivity contribution < 1.29 is 4.74 Å². The van der Waals surface area contributed by atoms with Gasteiger partial charge in [0.05, 0.1) is 6.61 Å². The first-order valence-electron chi connectivity index (χ1n) is 6.95. The standard InChI is InChI=1S/C14H23N3O/c1-3-7-15-9-13-10-16-11(2)17-14(13)18-8-6-12-4-5-12/h10,12,15H,3-9H2,1-2H3. The van der Waals surface area contributed by atoms with Gasteiger partial charge in [0, 0.05) is 18.3 Å². The van der Waals surface area contributed by atoms with Gasteiger partial charge in [0.2, 0.25) is 5.88 Å². The van der Waals surface area contributed by atoms with Gasteiger partial charge < -0.3 is 10.1 Å². The first kappa shape index (κ1) is 13.3. The van der Waals surface area contributed by atoms with Crippen molar-refractivity contribution in [3.8, 4) is 5.88 Å². The number of rotatable bonds is 8. The fraction of sp³-hybridized carbons (Fsp3) is 0.714. The summed E-state index contributed by atoms with van der Waals surface area (Å²) in [6.07, 6.45) is 6.90. The highest BCUT2D eigenvalue weighted by Crippen LogP contribution is 2.32. The van der Waals surface area contributed by atoms with Crippen LogP contribution in [0.25, 0.3) is 0 Å². The minimum absolute atomic E-state index is 0.756. The van der Waals surface area contributed by atoms with Crippen LogP contribution in [0, 0.1) is 12.8 Å². The average Bonchev–Trinajstić information content (AvgIpc) is 3.16. The maximum atomic E-state index is 5.81. The molecule has 0 bridgehead atoms. The molecule has 1 aliphatic rings. The van der Waals surface area contributed by atoms with Crippen molar-refractivity contribution in [3.63, 3.8) is 0 Å². The molecule has 0 amide bonds. The van der Waals surface area contributed by atoms with E-state index in [4.69, 9.17) is 4.74 Å². The van der Waals surface area contributed by atoms with E-state index < -0.39 is 0 Å². The summed E-state index contributed by atoms with van der Waals surface area (Å²) in [5, 5.41) is 3.36. The zero-order chi connectivity index (χ0) is 12.8. The summed E-state index contributed by atoms with van der Waals surface area (Å²) in [4.78, 5) is 8.64. The molecule has 1 aromatic heterocycles. The maximum Gasteiger partial charge on any atom is 0.221 e. The van der Waals surface area contributed by atoms with Crippen molar-refractivity contribution in [1.29, 1.82) is 0 Å². The first-order valence-corrected chi connectivity index (χ1v) is 6.95. The molecule has 1 aliphatic carbocycles. The lowest BCUT2D eigenvalue weighted by Gasteiger charge is -2.11. The van der Waals surface area contributed by atoms with Gasteiger partial charge in [0.25, 0.3) is 0 Å². The minimum Gasteiger partial charge on any atom is -0.477 e. The lowest BCUT2D eigenvalue weighted by molar-refractivity contribution is 0.286. The van der Waals surface area contributed by atoms with E-state index in [0.717, 1.165) is 55.7 Å². The quantitative estimate of drug-likeness (QED) is 0.719. The summed E-state index contributed by atoms with van der Waals surface area (Å²) in [5.41, 5.74) is 1.06. The Labute approximate surface area is 109 Å². The molecule has 0 saturated heterocycles. The molecule has 4 nitrogen and oxygen atoms in total. The highest BCUT2D eigenvalue weighted by molar-refractivity contribution is 5.23. The molecule has 1 saturated carbocycles. The van der Waals surface area contributed by atoms with Gasteiger partial charge in [-0.25, -0.2) is 4.98 Å². The molecule has 1 fully saturated rings. The van der Waals surface area contributed by atoms with E-state index in [-0.39, 0.29) is 0 Å². The van der Waals surface area contributed by atoms with E-state index in [2.05, 4.69) is 22.2 Å². The summed E-state index contributed by atoms with van der Waals surface area (Å²) >= 11 is 0. The SMILES string of the molecule is CCCNCc1cnc(C)nc1OCCC1CC1. The van der Waals surface area contributed by atoms with Crippen molar-refractivity contribution in [2.75, 3.05) is 13.2 Å². The number of nitrogens with one attached hydrogen (secondary N) is 1. The van der Waals surface area contributed by atoms with Crippen LogP contribution in [0.3, 0.4) is 0 Å². The third kappa shape index (κ3) is 4.26. The Kier molecular flexibility index (Phi) is 4.93. The molecule has 0 aromatic carbocycles. The smallest absolute Gasteiger partial charge is 0.221 e. The summed E-state index contributed by atoms with van der Waals surface area (Å²) in [6, 6.07) is 0. The zero-order valence-electron chi connectivity index (χ0n) is 11.4. The van der Waals surface area contributed by atoms with Crippen molar-refractivity contribution in [2.24, 2.45) is 5.92 Å². The molecule has 1 N–H and O–H groups in total. The third-order valence-corrected chi connectivity index (χ3v) is 3.15. The Hall–Kier alpha value is -1.16. The molecule has 4 heteroatoms. The molecule has 1 heterocycles. The first-order chi connectivity index (χ1) is 8.79. The van der Waals surface area contributed by atoms with Gasteiger partial charge in [-0.3, -0.25) is 0 Å². The van der Waals surface area contributed by atoms with E-state index in [1.165, 1.54) is 12.8 Å². The Morgan fingerprint density at radius 1 is 1.44 bits per heavy atom. The second kappa shape index (κ2) is 6.69. The van der Waals surface area contributed by atoms with Crippen LogP contribution in [0.4, 0.5) is 0 Å². The number of hydrogen-bond donors (Lipinski definition) is 1. The third-order valence-electron chi connectivity index (χ3n) is 3.15. The second-order valence-corrected chi connectivity index (χ2v) is 5.00. The average molecular weight is 249 g/mol. The van der Waals surface area contributed by atoms with E-state index in [0.29, 0.717) is 0 Å². The molecule has 100 valence electrons. The van der Waals surface area contributed by atoms with Crippen LogP contribution >= 0.6 is 0 Å². The zero-order valence-corrected chi connectivity index (χ0v) is 11.4. The van der Waals surface area contributed by atoms with E-state index >= 15 is 0 Å². The van der Waals surface area contributed by atoms with Gasteiger partial charge in [-0.1, -0.05) is 19.8 Å². The topological polar surface area (TPSA) is 47.0 Å². The van der Waals surface area contributed by atoms with E-state index in [1.54, 1.807) is 0 Å². The molecule has 0 spiro atoms. The van der Waals surface area contributed by atoms with Gasteiger partial charge in [-0.05, 0) is 32.2 Å². The van der Waals surface area contributed by atoms with Crippen molar-refractivity contribution >= 4 is 0 Å². The molecular formula is C14H23N3O. The predicted molar refractivity (Wildman–Crippen MR) is 71.6 cm³/mol. The molecule has 0 aliphatic heterocycles. The van der Waals surface area contributed by atoms with Crippen LogP contribution in [-0.2, 0) is 6.54 Å². The van der Waals surface area contributed by atoms with Gasteiger partial charge in [0.1, 0.15) is 5.82 Å². The Balaban J connectivity index is 1.88. The Morgan fingerprint density at radius 3 is 3.00 bits per heavy atom. The predicted octanol–water partition coefficient (Wildman–Crippen LogP) is 2.46. The number of nitrogens with zero attached hydrogens (tertiary/aromatic N) is 2. The molecule has 0 atom stereocenters. The van der Waals surface area contributed by atoms with Crippen LogP contribution in [-0.4, -0.2) is 23.1 Å². The second-order valence-electron chi connectivity index (χ2n) is 5.00. The van der Waals surface area contributed by atoms with Crippen molar-refractivity contribution in [1.82, 2.24) is 15.3 Å². The maximum absolute atomic E-state index is 5.81. The molecule has 1 aromatic rings. The number of ether oxygens (including phenoxy) is 1. The summed E-state index contributed by atoms with van der Waals surface area (Å²) in [7, 11) is 0. The minimum atomic E-state index is 0.756. The molecule has 0 radical (unpaired) electrons. The van der Waals surface area contributed by atoms with Crippen molar-refractivity contribution in [2.45, 2.75) is 46.1 Å². The number of hydrogen-bond acceptors (Lipinski definition) is 4. The van der Waals surface area contributed by atoms with E-state index in [1.807, 2.05) is 13.1 Å². The highest BCUT2D eigenvalue weighted by Gasteiger charge is 2.21. The van der Waals surface area contributed by atoms with Gasteiger partial charge in [0.15, 0.2) is 0 Å². The molecule has 18 heavy (non-hydrogen) atoms.